The fourth-order valence-electron chi connectivity index (χ4n) is 4.96. The summed E-state index contributed by atoms with van der Waals surface area (Å²) in [5.74, 6) is 0.229. The number of amides is 1. The van der Waals surface area contributed by atoms with Gasteiger partial charge in [0.2, 0.25) is 0 Å². The number of aliphatic hydroxyl groups is 1. The second-order valence-electron chi connectivity index (χ2n) is 12.8. The number of nitrogens with zero attached hydrogens (tertiary/aromatic N) is 2. The highest BCUT2D eigenvalue weighted by Crippen LogP contribution is 2.37. The third-order valence-electron chi connectivity index (χ3n) is 8.00. The van der Waals surface area contributed by atoms with Gasteiger partial charge < -0.3 is 28.5 Å². The molecule has 3 heterocycles. The van der Waals surface area contributed by atoms with Crippen LogP contribution in [0.4, 0.5) is 14.9 Å². The molecule has 0 saturated carbocycles. The number of aromatic nitrogens is 2. The number of halogens is 1. The molecule has 1 aromatic heterocycles. The summed E-state index contributed by atoms with van der Waals surface area (Å²) in [6.45, 7) is 14.1. The maximum atomic E-state index is 15.6. The lowest BCUT2D eigenvalue weighted by atomic mass is 9.77. The van der Waals surface area contributed by atoms with E-state index in [1.54, 1.807) is 39.0 Å². The Bertz CT molecular complexity index is 1440. The van der Waals surface area contributed by atoms with Crippen LogP contribution in [-0.2, 0) is 38.4 Å². The number of rotatable bonds is 7. The number of benzene rings is 2. The lowest BCUT2D eigenvalue weighted by molar-refractivity contribution is -0.0589. The predicted molar refractivity (Wildman–Crippen MR) is 155 cm³/mol. The number of hydrogen-bond acceptors (Lipinski definition) is 7. The van der Waals surface area contributed by atoms with Crippen LogP contribution < -0.4 is 10.8 Å². The summed E-state index contributed by atoms with van der Waals surface area (Å²) >= 11 is 0. The van der Waals surface area contributed by atoms with Gasteiger partial charge in [-0.05, 0) is 90.3 Å². The number of imidazole rings is 1. The molecular weight excluding hydrogens is 528 g/mol. The summed E-state index contributed by atoms with van der Waals surface area (Å²) in [6.07, 6.45) is 0.735. The summed E-state index contributed by atoms with van der Waals surface area (Å²) in [4.78, 5) is 17.2. The van der Waals surface area contributed by atoms with Gasteiger partial charge in [0.1, 0.15) is 17.2 Å². The molecule has 0 bridgehead atoms. The smallest absolute Gasteiger partial charge is 0.444 e. The van der Waals surface area contributed by atoms with Crippen LogP contribution in [0.3, 0.4) is 0 Å². The fourth-order valence-corrected chi connectivity index (χ4v) is 4.96. The normalized spacial score (nSPS) is 19.8. The molecule has 0 spiro atoms. The zero-order valence-corrected chi connectivity index (χ0v) is 24.8. The SMILES string of the molecule is CC(C)(C)OC(=O)Nc1ccc2c(c1)nc(Cc1cc(F)c(B3OC(C)(C)C(C)(C)O3)cc1CO)n2C[C@@H]1CCO1. The maximum absolute atomic E-state index is 15.6. The number of fused-ring (bicyclic) bond motifs is 1. The van der Waals surface area contributed by atoms with E-state index in [0.717, 1.165) is 18.5 Å². The van der Waals surface area contributed by atoms with Crippen molar-refractivity contribution >= 4 is 35.4 Å². The zero-order chi connectivity index (χ0) is 29.7. The number of ether oxygens (including phenoxy) is 2. The van der Waals surface area contributed by atoms with Gasteiger partial charge in [0.25, 0.3) is 0 Å². The van der Waals surface area contributed by atoms with E-state index < -0.39 is 35.8 Å². The van der Waals surface area contributed by atoms with Crippen LogP contribution in [0.15, 0.2) is 30.3 Å². The summed E-state index contributed by atoms with van der Waals surface area (Å²) in [7, 11) is -0.879. The number of carbonyl (C=O) groups is 1. The monoisotopic (exact) mass is 567 g/mol. The predicted octanol–water partition coefficient (Wildman–Crippen LogP) is 4.69. The average Bonchev–Trinajstić information content (AvgIpc) is 3.26. The highest BCUT2D eigenvalue weighted by Gasteiger charge is 2.52. The first kappa shape index (κ1) is 29.5. The van der Waals surface area contributed by atoms with Crippen LogP contribution in [0.2, 0.25) is 0 Å². The molecule has 2 aliphatic rings. The van der Waals surface area contributed by atoms with Gasteiger partial charge in [-0.15, -0.1) is 0 Å². The van der Waals surface area contributed by atoms with Crippen molar-refractivity contribution in [3.63, 3.8) is 0 Å². The van der Waals surface area contributed by atoms with Crippen LogP contribution in [-0.4, -0.2) is 57.4 Å². The van der Waals surface area contributed by atoms with Crippen molar-refractivity contribution in [2.45, 2.75) is 97.4 Å². The van der Waals surface area contributed by atoms with Crippen LogP contribution in [0.5, 0.6) is 0 Å². The molecule has 2 N–H and O–H groups in total. The third-order valence-corrected chi connectivity index (χ3v) is 8.00. The first-order valence-corrected chi connectivity index (χ1v) is 14.0. The highest BCUT2D eigenvalue weighted by atomic mass is 19.1. The minimum atomic E-state index is -0.879. The first-order chi connectivity index (χ1) is 19.2. The summed E-state index contributed by atoms with van der Waals surface area (Å²) in [6, 6.07) is 8.54. The minimum absolute atomic E-state index is 0.0607. The fraction of sp³-hybridized carbons (Fsp3) is 0.533. The number of aliphatic hydroxyl groups excluding tert-OH is 1. The van der Waals surface area contributed by atoms with Crippen molar-refractivity contribution in [1.29, 1.82) is 0 Å². The van der Waals surface area contributed by atoms with Crippen molar-refractivity contribution in [2.75, 3.05) is 11.9 Å². The molecule has 2 fully saturated rings. The Labute approximate surface area is 240 Å². The molecular formula is C30H39BFN3O6. The van der Waals surface area contributed by atoms with Gasteiger partial charge >= 0.3 is 13.2 Å². The average molecular weight is 567 g/mol. The quantitative estimate of drug-likeness (QED) is 0.399. The Kier molecular flexibility index (Phi) is 7.69. The van der Waals surface area contributed by atoms with E-state index in [0.29, 0.717) is 34.7 Å². The van der Waals surface area contributed by atoms with E-state index in [1.807, 2.05) is 33.8 Å². The molecule has 2 aliphatic heterocycles. The van der Waals surface area contributed by atoms with Gasteiger partial charge in [-0.3, -0.25) is 5.32 Å². The van der Waals surface area contributed by atoms with Crippen LogP contribution in [0.1, 0.15) is 71.8 Å². The van der Waals surface area contributed by atoms with Crippen molar-refractivity contribution < 1.29 is 33.1 Å². The third kappa shape index (κ3) is 6.13. The molecule has 41 heavy (non-hydrogen) atoms. The largest absolute Gasteiger partial charge is 0.497 e. The van der Waals surface area contributed by atoms with E-state index in [9.17, 15) is 9.90 Å². The second kappa shape index (κ2) is 10.7. The lowest BCUT2D eigenvalue weighted by Crippen LogP contribution is -2.41. The Hall–Kier alpha value is -2.99. The standard InChI is InChI=1S/C30H39BFN3O6/c1-28(2,3)39-27(37)33-20-8-9-25-24(15-20)34-26(35(25)16-21-10-11-38-21)14-18-13-23(32)22(12-19(18)17-36)31-40-29(4,5)30(6,7)41-31/h8-9,12-13,15,21,36H,10-11,14,16-17H2,1-7H3,(H,33,37)/t21-/m0/s1. The van der Waals surface area contributed by atoms with E-state index in [2.05, 4.69) is 9.88 Å². The number of nitrogens with one attached hydrogen (secondary N) is 1. The molecule has 2 saturated heterocycles. The highest BCUT2D eigenvalue weighted by molar-refractivity contribution is 6.62. The molecule has 1 amide bonds. The molecule has 0 radical (unpaired) electrons. The van der Waals surface area contributed by atoms with Crippen molar-refractivity contribution in [2.24, 2.45) is 0 Å². The Morgan fingerprint density at radius 1 is 1.17 bits per heavy atom. The second-order valence-corrected chi connectivity index (χ2v) is 12.8. The summed E-state index contributed by atoms with van der Waals surface area (Å²) < 4.78 is 40.8. The molecule has 1 atom stereocenters. The Morgan fingerprint density at radius 3 is 2.44 bits per heavy atom. The minimum Gasteiger partial charge on any atom is -0.444 e. The molecule has 3 aromatic rings. The molecule has 220 valence electrons. The lowest BCUT2D eigenvalue weighted by Gasteiger charge is -2.32. The van der Waals surface area contributed by atoms with E-state index in [1.165, 1.54) is 6.07 Å². The molecule has 0 aliphatic carbocycles. The van der Waals surface area contributed by atoms with Crippen LogP contribution >= 0.6 is 0 Å². The van der Waals surface area contributed by atoms with Crippen molar-refractivity contribution in [3.8, 4) is 0 Å². The van der Waals surface area contributed by atoms with Crippen molar-refractivity contribution in [3.05, 3.63) is 53.1 Å². The maximum Gasteiger partial charge on any atom is 0.497 e. The summed E-state index contributed by atoms with van der Waals surface area (Å²) in [5.41, 5.74) is 1.68. The Balaban J connectivity index is 1.46. The number of anilines is 1. The number of carbonyl (C=O) groups excluding carboxylic acids is 1. The van der Waals surface area contributed by atoms with E-state index in [-0.39, 0.29) is 24.6 Å². The summed E-state index contributed by atoms with van der Waals surface area (Å²) in [5, 5.41) is 13.0. The van der Waals surface area contributed by atoms with E-state index >= 15 is 4.39 Å². The van der Waals surface area contributed by atoms with Crippen LogP contribution in [0, 0.1) is 5.82 Å². The molecule has 0 unspecified atom stereocenters. The first-order valence-electron chi connectivity index (χ1n) is 14.0. The van der Waals surface area contributed by atoms with E-state index in [4.69, 9.17) is 23.8 Å². The van der Waals surface area contributed by atoms with Gasteiger partial charge in [0, 0.05) is 24.2 Å². The molecule has 2 aromatic carbocycles. The Morgan fingerprint density at radius 2 is 1.85 bits per heavy atom. The zero-order valence-electron chi connectivity index (χ0n) is 24.8. The van der Waals surface area contributed by atoms with Gasteiger partial charge in [-0.1, -0.05) is 6.07 Å². The molecule has 9 nitrogen and oxygen atoms in total. The van der Waals surface area contributed by atoms with Gasteiger partial charge in [0.15, 0.2) is 0 Å². The van der Waals surface area contributed by atoms with Crippen LogP contribution in [0.25, 0.3) is 11.0 Å². The van der Waals surface area contributed by atoms with Gasteiger partial charge in [-0.25, -0.2) is 14.2 Å². The topological polar surface area (TPSA) is 104 Å². The van der Waals surface area contributed by atoms with Gasteiger partial charge in [0.05, 0.1) is 41.5 Å². The number of hydrogen-bond donors (Lipinski definition) is 2. The van der Waals surface area contributed by atoms with Gasteiger partial charge in [-0.2, -0.15) is 0 Å². The molecule has 5 rings (SSSR count). The van der Waals surface area contributed by atoms with Crippen molar-refractivity contribution in [1.82, 2.24) is 9.55 Å². The molecule has 11 heteroatoms.